The van der Waals surface area contributed by atoms with Gasteiger partial charge in [0.05, 0.1) is 18.5 Å². The predicted molar refractivity (Wildman–Crippen MR) is 165 cm³/mol. The second kappa shape index (κ2) is 15.7. The lowest BCUT2D eigenvalue weighted by Gasteiger charge is -2.26. The molecular weight excluding hydrogens is 562 g/mol. The number of nitrogens with one attached hydrogen (secondary N) is 2. The summed E-state index contributed by atoms with van der Waals surface area (Å²) in [6.45, 7) is 6.86. The van der Waals surface area contributed by atoms with Crippen LogP contribution >= 0.6 is 0 Å². The standard InChI is InChI=1S/C34H41N3O7/c1-4-5-6-28(35-33(40)36-29(18-32(38)39)27-15-16-30-31(17-27)44-22-43-30)21-42-34(41)37(19-25-11-7-23(2)8-12-25)20-26-13-9-24(3)10-14-26/h7-17,28-29H,4-6,18-22H2,1-3H3,(H,38,39)(H2,35,36,40)/t28-,29-/m0/s1. The van der Waals surface area contributed by atoms with E-state index >= 15 is 0 Å². The van der Waals surface area contributed by atoms with Crippen LogP contribution in [0.15, 0.2) is 66.7 Å². The number of nitrogens with zero attached hydrogens (tertiary/aromatic N) is 1. The first-order valence-electron chi connectivity index (χ1n) is 14.9. The van der Waals surface area contributed by atoms with Gasteiger partial charge in [-0.2, -0.15) is 0 Å². The number of carbonyl (C=O) groups is 3. The summed E-state index contributed by atoms with van der Waals surface area (Å²) in [5.74, 6) is -0.00661. The summed E-state index contributed by atoms with van der Waals surface area (Å²) in [7, 11) is 0. The van der Waals surface area contributed by atoms with E-state index in [2.05, 4.69) is 10.6 Å². The van der Waals surface area contributed by atoms with Crippen LogP contribution in [0.2, 0.25) is 0 Å². The summed E-state index contributed by atoms with van der Waals surface area (Å²) in [6.07, 6.45) is 1.47. The van der Waals surface area contributed by atoms with Gasteiger partial charge in [0.2, 0.25) is 6.79 Å². The van der Waals surface area contributed by atoms with E-state index in [1.807, 2.05) is 69.3 Å². The molecule has 10 nitrogen and oxygen atoms in total. The topological polar surface area (TPSA) is 126 Å². The fourth-order valence-electron chi connectivity index (χ4n) is 4.87. The second-order valence-electron chi connectivity index (χ2n) is 11.1. The summed E-state index contributed by atoms with van der Waals surface area (Å²) in [4.78, 5) is 39.8. The monoisotopic (exact) mass is 603 g/mol. The van der Waals surface area contributed by atoms with Crippen LogP contribution in [0.5, 0.6) is 11.5 Å². The first kappa shape index (κ1) is 32.2. The highest BCUT2D eigenvalue weighted by Crippen LogP contribution is 2.34. The van der Waals surface area contributed by atoms with Crippen molar-refractivity contribution in [1.82, 2.24) is 15.5 Å². The predicted octanol–water partition coefficient (Wildman–Crippen LogP) is 6.24. The smallest absolute Gasteiger partial charge is 0.410 e. The van der Waals surface area contributed by atoms with Gasteiger partial charge in [-0.25, -0.2) is 9.59 Å². The Labute approximate surface area is 258 Å². The van der Waals surface area contributed by atoms with Crippen molar-refractivity contribution in [2.75, 3.05) is 13.4 Å². The molecule has 3 amide bonds. The molecule has 0 saturated carbocycles. The first-order chi connectivity index (χ1) is 21.2. The average Bonchev–Trinajstić information content (AvgIpc) is 3.48. The van der Waals surface area contributed by atoms with Gasteiger partial charge in [0, 0.05) is 13.1 Å². The zero-order valence-electron chi connectivity index (χ0n) is 25.5. The number of aryl methyl sites for hydroxylation is 2. The first-order valence-corrected chi connectivity index (χ1v) is 14.9. The van der Waals surface area contributed by atoms with E-state index in [0.717, 1.165) is 35.1 Å². The Balaban J connectivity index is 1.41. The van der Waals surface area contributed by atoms with Crippen molar-refractivity contribution in [3.05, 3.63) is 94.5 Å². The third kappa shape index (κ3) is 9.65. The quantitative estimate of drug-likeness (QED) is 0.199. The zero-order chi connectivity index (χ0) is 31.5. The molecule has 0 unspecified atom stereocenters. The Morgan fingerprint density at radius 2 is 1.50 bits per heavy atom. The third-order valence-corrected chi connectivity index (χ3v) is 7.38. The maximum Gasteiger partial charge on any atom is 0.410 e. The van der Waals surface area contributed by atoms with E-state index in [4.69, 9.17) is 14.2 Å². The molecule has 0 spiro atoms. The van der Waals surface area contributed by atoms with Gasteiger partial charge in [0.1, 0.15) is 6.61 Å². The minimum Gasteiger partial charge on any atom is -0.481 e. The van der Waals surface area contributed by atoms with E-state index in [1.54, 1.807) is 23.1 Å². The summed E-state index contributed by atoms with van der Waals surface area (Å²) >= 11 is 0. The highest BCUT2D eigenvalue weighted by molar-refractivity contribution is 5.76. The van der Waals surface area contributed by atoms with E-state index in [1.165, 1.54) is 0 Å². The van der Waals surface area contributed by atoms with E-state index in [9.17, 15) is 19.5 Å². The molecular formula is C34H41N3O7. The van der Waals surface area contributed by atoms with Gasteiger partial charge in [-0.15, -0.1) is 0 Å². The molecule has 0 saturated heterocycles. The van der Waals surface area contributed by atoms with E-state index < -0.39 is 30.2 Å². The van der Waals surface area contributed by atoms with Crippen LogP contribution < -0.4 is 20.1 Å². The number of urea groups is 1. The second-order valence-corrected chi connectivity index (χ2v) is 11.1. The van der Waals surface area contributed by atoms with Crippen LogP contribution in [0.4, 0.5) is 9.59 Å². The molecule has 3 N–H and O–H groups in total. The minimum absolute atomic E-state index is 0.0296. The highest BCUT2D eigenvalue weighted by atomic mass is 16.7. The van der Waals surface area contributed by atoms with Gasteiger partial charge in [0.25, 0.3) is 0 Å². The molecule has 2 atom stereocenters. The number of amides is 3. The van der Waals surface area contributed by atoms with Gasteiger partial charge in [0.15, 0.2) is 11.5 Å². The Morgan fingerprint density at radius 1 is 0.886 bits per heavy atom. The number of hydrogen-bond acceptors (Lipinski definition) is 6. The fourth-order valence-corrected chi connectivity index (χ4v) is 4.87. The Morgan fingerprint density at radius 3 is 2.09 bits per heavy atom. The highest BCUT2D eigenvalue weighted by Gasteiger charge is 2.24. The fraction of sp³-hybridized carbons (Fsp3) is 0.382. The number of hydrogen-bond donors (Lipinski definition) is 3. The van der Waals surface area contributed by atoms with Gasteiger partial charge in [-0.3, -0.25) is 9.69 Å². The van der Waals surface area contributed by atoms with Crippen LogP contribution in [-0.2, 0) is 22.6 Å². The number of fused-ring (bicyclic) bond motifs is 1. The molecule has 234 valence electrons. The van der Waals surface area contributed by atoms with Crippen molar-refractivity contribution in [1.29, 1.82) is 0 Å². The maximum absolute atomic E-state index is 13.4. The maximum atomic E-state index is 13.4. The molecule has 1 aliphatic heterocycles. The van der Waals surface area contributed by atoms with Crippen LogP contribution in [0, 0.1) is 13.8 Å². The average molecular weight is 604 g/mol. The van der Waals surface area contributed by atoms with Crippen LogP contribution in [0.1, 0.15) is 66.5 Å². The van der Waals surface area contributed by atoms with Crippen LogP contribution in [0.25, 0.3) is 0 Å². The van der Waals surface area contributed by atoms with Gasteiger partial charge in [-0.1, -0.05) is 85.5 Å². The van der Waals surface area contributed by atoms with Crippen molar-refractivity contribution in [3.8, 4) is 11.5 Å². The van der Waals surface area contributed by atoms with Crippen LogP contribution in [0.3, 0.4) is 0 Å². The number of carbonyl (C=O) groups excluding carboxylic acids is 2. The van der Waals surface area contributed by atoms with E-state index in [-0.39, 0.29) is 19.8 Å². The van der Waals surface area contributed by atoms with Gasteiger partial charge < -0.3 is 30.0 Å². The van der Waals surface area contributed by atoms with Gasteiger partial charge in [-0.05, 0) is 49.1 Å². The Kier molecular flexibility index (Phi) is 11.5. The van der Waals surface area contributed by atoms with Gasteiger partial charge >= 0.3 is 18.1 Å². The summed E-state index contributed by atoms with van der Waals surface area (Å²) in [5, 5.41) is 15.2. The molecule has 0 bridgehead atoms. The zero-order valence-corrected chi connectivity index (χ0v) is 25.5. The number of benzene rings is 3. The molecule has 0 radical (unpaired) electrons. The molecule has 1 heterocycles. The van der Waals surface area contributed by atoms with Crippen molar-refractivity contribution < 1.29 is 33.7 Å². The van der Waals surface area contributed by atoms with Crippen molar-refractivity contribution in [2.24, 2.45) is 0 Å². The molecule has 1 aliphatic rings. The molecule has 0 aliphatic carbocycles. The number of aliphatic carboxylic acids is 1. The lowest BCUT2D eigenvalue weighted by molar-refractivity contribution is -0.137. The normalized spacial score (nSPS) is 13.1. The molecule has 4 rings (SSSR count). The number of carboxylic acid groups (broad SMARTS) is 1. The largest absolute Gasteiger partial charge is 0.481 e. The van der Waals surface area contributed by atoms with Crippen molar-refractivity contribution in [2.45, 2.75) is 71.6 Å². The van der Waals surface area contributed by atoms with Crippen LogP contribution in [-0.4, -0.2) is 47.5 Å². The third-order valence-electron chi connectivity index (χ3n) is 7.38. The lowest BCUT2D eigenvalue weighted by atomic mass is 10.0. The molecule has 0 fully saturated rings. The molecule has 3 aromatic carbocycles. The molecule has 10 heteroatoms. The number of ether oxygens (including phenoxy) is 3. The summed E-state index contributed by atoms with van der Waals surface area (Å²) in [6, 6.07) is 19.2. The number of unbranched alkanes of at least 4 members (excludes halogenated alkanes) is 1. The van der Waals surface area contributed by atoms with Crippen molar-refractivity contribution in [3.63, 3.8) is 0 Å². The molecule has 0 aromatic heterocycles. The van der Waals surface area contributed by atoms with E-state index in [0.29, 0.717) is 36.6 Å². The Bertz CT molecular complexity index is 1360. The summed E-state index contributed by atoms with van der Waals surface area (Å²) < 4.78 is 16.5. The summed E-state index contributed by atoms with van der Waals surface area (Å²) in [5.41, 5.74) is 4.80. The molecule has 44 heavy (non-hydrogen) atoms. The minimum atomic E-state index is -1.06. The SMILES string of the molecule is CCCC[C@@H](COC(=O)N(Cc1ccc(C)cc1)Cc1ccc(C)cc1)NC(=O)N[C@@H](CC(=O)O)c1ccc2c(c1)OCO2. The van der Waals surface area contributed by atoms with Crippen molar-refractivity contribution >= 4 is 18.1 Å². The Hall–Kier alpha value is -4.73. The number of rotatable bonds is 14. The molecule has 3 aromatic rings. The number of carboxylic acids is 1. The lowest BCUT2D eigenvalue weighted by Crippen LogP contribution is -2.46.